The number of amides is 1. The maximum atomic E-state index is 11.9. The number of hydrogen-bond acceptors (Lipinski definition) is 3. The highest BCUT2D eigenvalue weighted by atomic mass is 16.5. The Labute approximate surface area is 137 Å². The second-order valence-electron chi connectivity index (χ2n) is 5.98. The predicted molar refractivity (Wildman–Crippen MR) is 92.1 cm³/mol. The first kappa shape index (κ1) is 17.0. The topological polar surface area (TPSA) is 55.6 Å². The van der Waals surface area contributed by atoms with Gasteiger partial charge < -0.3 is 15.4 Å². The van der Waals surface area contributed by atoms with Gasteiger partial charge in [0.2, 0.25) is 0 Å². The van der Waals surface area contributed by atoms with E-state index in [1.165, 1.54) is 5.56 Å². The van der Waals surface area contributed by atoms with Crippen molar-refractivity contribution in [2.24, 2.45) is 5.73 Å². The molecule has 0 aliphatic rings. The molecular weight excluding hydrogens is 288 g/mol. The summed E-state index contributed by atoms with van der Waals surface area (Å²) in [5, 5.41) is 0. The predicted octanol–water partition coefficient (Wildman–Crippen LogP) is 2.83. The van der Waals surface area contributed by atoms with Crippen molar-refractivity contribution in [1.82, 2.24) is 4.90 Å². The summed E-state index contributed by atoms with van der Waals surface area (Å²) < 4.78 is 5.86. The van der Waals surface area contributed by atoms with E-state index in [-0.39, 0.29) is 0 Å². The maximum absolute atomic E-state index is 11.9. The zero-order valence-corrected chi connectivity index (χ0v) is 13.7. The number of carbonyl (C=O) groups excluding carboxylic acids is 1. The Balaban J connectivity index is 1.95. The molecule has 1 atom stereocenters. The van der Waals surface area contributed by atoms with E-state index in [0.717, 1.165) is 6.54 Å². The third kappa shape index (κ3) is 5.11. The van der Waals surface area contributed by atoms with E-state index in [2.05, 4.69) is 17.0 Å². The maximum Gasteiger partial charge on any atom is 0.261 e. The van der Waals surface area contributed by atoms with Crippen molar-refractivity contribution in [3.63, 3.8) is 0 Å². The summed E-state index contributed by atoms with van der Waals surface area (Å²) in [7, 11) is 2.02. The van der Waals surface area contributed by atoms with Crippen molar-refractivity contribution in [2.45, 2.75) is 25.5 Å². The van der Waals surface area contributed by atoms with E-state index < -0.39 is 11.5 Å². The van der Waals surface area contributed by atoms with Gasteiger partial charge in [0.25, 0.3) is 5.91 Å². The molecule has 0 aliphatic carbocycles. The van der Waals surface area contributed by atoms with Crippen LogP contribution in [0.15, 0.2) is 60.7 Å². The van der Waals surface area contributed by atoms with Gasteiger partial charge >= 0.3 is 0 Å². The van der Waals surface area contributed by atoms with Crippen molar-refractivity contribution in [1.29, 1.82) is 0 Å². The Kier molecular flexibility index (Phi) is 5.77. The van der Waals surface area contributed by atoms with Crippen LogP contribution in [0.1, 0.15) is 18.9 Å². The van der Waals surface area contributed by atoms with Crippen LogP contribution in [0.4, 0.5) is 0 Å². The molecule has 0 radical (unpaired) electrons. The van der Waals surface area contributed by atoms with Crippen LogP contribution < -0.4 is 10.5 Å². The molecule has 0 bridgehead atoms. The number of nitrogens with zero attached hydrogens (tertiary/aromatic N) is 1. The molecular formula is C19H24N2O2. The number of carbonyl (C=O) groups is 1. The lowest BCUT2D eigenvalue weighted by atomic mass is 10.0. The second kappa shape index (κ2) is 7.79. The number of para-hydroxylation sites is 1. The molecule has 0 saturated heterocycles. The van der Waals surface area contributed by atoms with Crippen molar-refractivity contribution < 1.29 is 9.53 Å². The van der Waals surface area contributed by atoms with E-state index in [1.807, 2.05) is 55.6 Å². The minimum atomic E-state index is -1.02. The fourth-order valence-electron chi connectivity index (χ4n) is 2.35. The summed E-state index contributed by atoms with van der Waals surface area (Å²) in [5.74, 6) is 0.203. The Bertz CT molecular complexity index is 616. The quantitative estimate of drug-likeness (QED) is 0.815. The van der Waals surface area contributed by atoms with Crippen molar-refractivity contribution >= 4 is 5.91 Å². The molecule has 23 heavy (non-hydrogen) atoms. The SMILES string of the molecule is CN(CC[C@@](C)(Oc1ccccc1)C(N)=O)Cc1ccccc1. The third-order valence-electron chi connectivity index (χ3n) is 3.87. The van der Waals surface area contributed by atoms with Crippen molar-refractivity contribution in [2.75, 3.05) is 13.6 Å². The summed E-state index contributed by atoms with van der Waals surface area (Å²) >= 11 is 0. The highest BCUT2D eigenvalue weighted by Gasteiger charge is 2.33. The van der Waals surface area contributed by atoms with Crippen molar-refractivity contribution in [3.8, 4) is 5.75 Å². The Morgan fingerprint density at radius 1 is 1.09 bits per heavy atom. The van der Waals surface area contributed by atoms with Gasteiger partial charge in [0.15, 0.2) is 5.60 Å². The summed E-state index contributed by atoms with van der Waals surface area (Å²) in [6, 6.07) is 19.5. The van der Waals surface area contributed by atoms with Gasteiger partial charge in [-0.05, 0) is 31.7 Å². The highest BCUT2D eigenvalue weighted by molar-refractivity contribution is 5.83. The van der Waals surface area contributed by atoms with Crippen LogP contribution in [-0.2, 0) is 11.3 Å². The largest absolute Gasteiger partial charge is 0.478 e. The Morgan fingerprint density at radius 2 is 1.65 bits per heavy atom. The molecule has 0 saturated carbocycles. The van der Waals surface area contributed by atoms with Crippen LogP contribution in [0.5, 0.6) is 5.75 Å². The number of ether oxygens (including phenoxy) is 1. The van der Waals surface area contributed by atoms with E-state index in [4.69, 9.17) is 10.5 Å². The third-order valence-corrected chi connectivity index (χ3v) is 3.87. The van der Waals surface area contributed by atoms with Crippen LogP contribution in [0.3, 0.4) is 0 Å². The molecule has 2 N–H and O–H groups in total. The Morgan fingerprint density at radius 3 is 2.22 bits per heavy atom. The fraction of sp³-hybridized carbons (Fsp3) is 0.316. The van der Waals surface area contributed by atoms with Crippen LogP contribution in [0, 0.1) is 0 Å². The molecule has 4 nitrogen and oxygen atoms in total. The van der Waals surface area contributed by atoms with Crippen LogP contribution >= 0.6 is 0 Å². The number of hydrogen-bond donors (Lipinski definition) is 1. The molecule has 2 rings (SSSR count). The first-order chi connectivity index (χ1) is 11.0. The number of rotatable bonds is 8. The highest BCUT2D eigenvalue weighted by Crippen LogP contribution is 2.21. The van der Waals surface area contributed by atoms with E-state index in [9.17, 15) is 4.79 Å². The first-order valence-corrected chi connectivity index (χ1v) is 7.76. The molecule has 4 heteroatoms. The first-order valence-electron chi connectivity index (χ1n) is 7.76. The lowest BCUT2D eigenvalue weighted by Gasteiger charge is -2.29. The summed E-state index contributed by atoms with van der Waals surface area (Å²) in [6.07, 6.45) is 0.528. The molecule has 0 aliphatic heterocycles. The van der Waals surface area contributed by atoms with Crippen LogP contribution in [0.2, 0.25) is 0 Å². The van der Waals surface area contributed by atoms with Gasteiger partial charge in [-0.3, -0.25) is 4.79 Å². The van der Waals surface area contributed by atoms with Gasteiger partial charge in [-0.25, -0.2) is 0 Å². The van der Waals surface area contributed by atoms with Crippen LogP contribution in [0.25, 0.3) is 0 Å². The molecule has 0 heterocycles. The van der Waals surface area contributed by atoms with Crippen molar-refractivity contribution in [3.05, 3.63) is 66.2 Å². The van der Waals surface area contributed by atoms with E-state index in [1.54, 1.807) is 6.92 Å². The zero-order valence-electron chi connectivity index (χ0n) is 13.7. The summed E-state index contributed by atoms with van der Waals surface area (Å²) in [6.45, 7) is 3.28. The minimum Gasteiger partial charge on any atom is -0.478 e. The van der Waals surface area contributed by atoms with Gasteiger partial charge in [-0.15, -0.1) is 0 Å². The molecule has 0 aromatic heterocycles. The van der Waals surface area contributed by atoms with E-state index in [0.29, 0.717) is 18.7 Å². The second-order valence-corrected chi connectivity index (χ2v) is 5.98. The molecule has 2 aromatic rings. The lowest BCUT2D eigenvalue weighted by Crippen LogP contribution is -2.48. The average molecular weight is 312 g/mol. The molecule has 0 spiro atoms. The molecule has 0 unspecified atom stereocenters. The number of primary amides is 1. The zero-order chi connectivity index (χ0) is 16.7. The normalized spacial score (nSPS) is 13.5. The molecule has 1 amide bonds. The molecule has 2 aromatic carbocycles. The van der Waals surface area contributed by atoms with Gasteiger partial charge in [0, 0.05) is 19.5 Å². The smallest absolute Gasteiger partial charge is 0.261 e. The monoisotopic (exact) mass is 312 g/mol. The van der Waals surface area contributed by atoms with E-state index >= 15 is 0 Å². The van der Waals surface area contributed by atoms with Gasteiger partial charge in [0.1, 0.15) is 5.75 Å². The average Bonchev–Trinajstić information content (AvgIpc) is 2.55. The standard InChI is InChI=1S/C19H24N2O2/c1-19(18(20)22,23-17-11-7-4-8-12-17)13-14-21(2)15-16-9-5-3-6-10-16/h3-12H,13-15H2,1-2H3,(H2,20,22)/t19-/m1/s1. The molecule has 0 fully saturated rings. The fourth-order valence-corrected chi connectivity index (χ4v) is 2.35. The Hall–Kier alpha value is -2.33. The van der Waals surface area contributed by atoms with Gasteiger partial charge in [-0.1, -0.05) is 48.5 Å². The summed E-state index contributed by atoms with van der Waals surface area (Å²) in [4.78, 5) is 14.0. The summed E-state index contributed by atoms with van der Waals surface area (Å²) in [5.41, 5.74) is 5.79. The molecule has 122 valence electrons. The van der Waals surface area contributed by atoms with Crippen LogP contribution in [-0.4, -0.2) is 30.0 Å². The van der Waals surface area contributed by atoms with Gasteiger partial charge in [0.05, 0.1) is 0 Å². The number of benzene rings is 2. The lowest BCUT2D eigenvalue weighted by molar-refractivity contribution is -0.132. The number of nitrogens with two attached hydrogens (primary N) is 1. The van der Waals surface area contributed by atoms with Gasteiger partial charge in [-0.2, -0.15) is 0 Å². The minimum absolute atomic E-state index is 0.450.